The lowest BCUT2D eigenvalue weighted by Crippen LogP contribution is -2.30. The van der Waals surface area contributed by atoms with Crippen molar-refractivity contribution < 1.29 is 0 Å². The monoisotopic (exact) mass is 761 g/mol. The van der Waals surface area contributed by atoms with Crippen molar-refractivity contribution in [2.24, 2.45) is 0 Å². The van der Waals surface area contributed by atoms with Crippen molar-refractivity contribution in [3.05, 3.63) is 0 Å². The molecule has 0 N–H and O–H groups in total. The fourth-order valence-corrected chi connectivity index (χ4v) is 8.63. The Hall–Kier alpha value is -0.0800. The van der Waals surface area contributed by atoms with Gasteiger partial charge in [-0.15, -0.1) is 0 Å². The number of hydrogen-bond acceptors (Lipinski definition) is 2. The molecule has 0 aliphatic rings. The van der Waals surface area contributed by atoms with Gasteiger partial charge in [-0.25, -0.2) is 0 Å². The largest absolute Gasteiger partial charge is 0.303 e. The van der Waals surface area contributed by atoms with Gasteiger partial charge in [-0.1, -0.05) is 259 Å². The summed E-state index contributed by atoms with van der Waals surface area (Å²) in [5.74, 6) is 0. The molecule has 0 saturated heterocycles. The third kappa shape index (κ3) is 44.6. The van der Waals surface area contributed by atoms with E-state index in [0.717, 1.165) is 0 Å². The van der Waals surface area contributed by atoms with Crippen LogP contribution in [0.2, 0.25) is 0 Å². The molecule has 326 valence electrons. The number of hydrogen-bond donors (Lipinski definition) is 0. The summed E-state index contributed by atoms with van der Waals surface area (Å²) >= 11 is 0. The van der Waals surface area contributed by atoms with Crippen LogP contribution in [0.5, 0.6) is 0 Å². The zero-order chi connectivity index (χ0) is 39.1. The fraction of sp³-hybridized carbons (Fsp3) is 1.00. The van der Waals surface area contributed by atoms with Crippen LogP contribution < -0.4 is 0 Å². The minimum atomic E-state index is 1.35. The Morgan fingerprint density at radius 3 is 0.407 bits per heavy atom. The number of rotatable bonds is 49. The summed E-state index contributed by atoms with van der Waals surface area (Å²) in [6, 6.07) is 0. The van der Waals surface area contributed by atoms with Crippen molar-refractivity contribution in [3.63, 3.8) is 0 Å². The Labute approximate surface area is 345 Å². The minimum absolute atomic E-state index is 1.35. The fourth-order valence-electron chi connectivity index (χ4n) is 8.63. The Morgan fingerprint density at radius 2 is 0.259 bits per heavy atom. The van der Waals surface area contributed by atoms with E-state index in [0.29, 0.717) is 0 Å². The first-order valence-corrected chi connectivity index (χ1v) is 26.2. The van der Waals surface area contributed by atoms with E-state index in [-0.39, 0.29) is 0 Å². The SMILES string of the molecule is CCCCCCCCCCCCN(CCCCCCCCCCCC)CCCCN(CCCCCCCCCCCC)CCCCCCCCCCCC. The maximum Gasteiger partial charge on any atom is -0.00183 e. The van der Waals surface area contributed by atoms with Gasteiger partial charge < -0.3 is 9.80 Å². The Morgan fingerprint density at radius 1 is 0.148 bits per heavy atom. The smallest absolute Gasteiger partial charge is 0.00183 e. The average Bonchev–Trinajstić information content (AvgIpc) is 3.18. The molecule has 0 bridgehead atoms. The molecule has 0 unspecified atom stereocenters. The van der Waals surface area contributed by atoms with Crippen molar-refractivity contribution in [3.8, 4) is 0 Å². The van der Waals surface area contributed by atoms with Gasteiger partial charge in [-0.3, -0.25) is 0 Å². The summed E-state index contributed by atoms with van der Waals surface area (Å²) in [6.45, 7) is 17.4. The molecular formula is C52H108N2. The normalized spacial score (nSPS) is 11.9. The molecule has 0 spiro atoms. The Bertz CT molecular complexity index is 532. The van der Waals surface area contributed by atoms with E-state index < -0.39 is 0 Å². The van der Waals surface area contributed by atoms with E-state index >= 15 is 0 Å². The molecule has 0 saturated carbocycles. The molecule has 0 radical (unpaired) electrons. The highest BCUT2D eigenvalue weighted by Crippen LogP contribution is 2.16. The standard InChI is InChI=1S/C52H108N2/c1-5-9-13-17-21-25-29-33-37-41-47-53(48-42-38-34-30-26-22-18-14-10-6-2)51-45-46-52-54(49-43-39-35-31-27-23-19-15-11-7-3)50-44-40-36-32-28-24-20-16-12-8-4/h5-52H2,1-4H3. The highest BCUT2D eigenvalue weighted by atomic mass is 15.1. The van der Waals surface area contributed by atoms with Crippen molar-refractivity contribution >= 4 is 0 Å². The molecule has 0 amide bonds. The quantitative estimate of drug-likeness (QED) is 0.0570. The predicted octanol–water partition coefficient (Wildman–Crippen LogP) is 18.1. The Balaban J connectivity index is 4.58. The van der Waals surface area contributed by atoms with Crippen molar-refractivity contribution in [2.75, 3.05) is 39.3 Å². The molecule has 0 aromatic carbocycles. The van der Waals surface area contributed by atoms with Gasteiger partial charge in [0.2, 0.25) is 0 Å². The van der Waals surface area contributed by atoms with Gasteiger partial charge in [0.15, 0.2) is 0 Å². The van der Waals surface area contributed by atoms with Crippen LogP contribution in [-0.4, -0.2) is 49.1 Å². The van der Waals surface area contributed by atoms with Gasteiger partial charge >= 0.3 is 0 Å². The van der Waals surface area contributed by atoms with Crippen LogP contribution in [0.25, 0.3) is 0 Å². The molecule has 0 atom stereocenters. The van der Waals surface area contributed by atoms with Crippen molar-refractivity contribution in [2.45, 2.75) is 297 Å². The topological polar surface area (TPSA) is 6.48 Å². The van der Waals surface area contributed by atoms with Crippen molar-refractivity contribution in [1.82, 2.24) is 9.80 Å². The van der Waals surface area contributed by atoms with Crippen LogP contribution in [0.1, 0.15) is 297 Å². The summed E-state index contributed by atoms with van der Waals surface area (Å²) in [7, 11) is 0. The van der Waals surface area contributed by atoms with E-state index in [9.17, 15) is 0 Å². The van der Waals surface area contributed by atoms with E-state index in [1.54, 1.807) is 0 Å². The summed E-state index contributed by atoms with van der Waals surface area (Å²) in [6.07, 6.45) is 60.8. The van der Waals surface area contributed by atoms with Gasteiger partial charge in [-0.2, -0.15) is 0 Å². The lowest BCUT2D eigenvalue weighted by atomic mass is 10.1. The highest BCUT2D eigenvalue weighted by molar-refractivity contribution is 4.64. The average molecular weight is 761 g/mol. The zero-order valence-corrected chi connectivity index (χ0v) is 38.8. The lowest BCUT2D eigenvalue weighted by molar-refractivity contribution is 0.229. The molecule has 0 aliphatic heterocycles. The highest BCUT2D eigenvalue weighted by Gasteiger charge is 2.09. The molecule has 2 nitrogen and oxygen atoms in total. The number of unbranched alkanes of at least 4 members (excludes halogenated alkanes) is 37. The van der Waals surface area contributed by atoms with Gasteiger partial charge in [0.25, 0.3) is 0 Å². The predicted molar refractivity (Wildman–Crippen MR) is 249 cm³/mol. The first-order chi connectivity index (χ1) is 26.8. The molecular weight excluding hydrogens is 653 g/mol. The molecule has 0 heterocycles. The van der Waals surface area contributed by atoms with E-state index in [4.69, 9.17) is 0 Å². The third-order valence-corrected chi connectivity index (χ3v) is 12.5. The van der Waals surface area contributed by atoms with E-state index in [1.165, 1.54) is 309 Å². The van der Waals surface area contributed by atoms with Gasteiger partial charge in [-0.05, 0) is 77.8 Å². The van der Waals surface area contributed by atoms with Crippen LogP contribution in [0.4, 0.5) is 0 Å². The summed E-state index contributed by atoms with van der Waals surface area (Å²) in [4.78, 5) is 5.79. The van der Waals surface area contributed by atoms with Gasteiger partial charge in [0.05, 0.1) is 0 Å². The maximum absolute atomic E-state index is 2.89. The minimum Gasteiger partial charge on any atom is -0.303 e. The summed E-state index contributed by atoms with van der Waals surface area (Å²) in [5, 5.41) is 0. The van der Waals surface area contributed by atoms with Crippen LogP contribution in [0.3, 0.4) is 0 Å². The zero-order valence-electron chi connectivity index (χ0n) is 38.8. The molecule has 0 fully saturated rings. The second-order valence-corrected chi connectivity index (χ2v) is 18.1. The first-order valence-electron chi connectivity index (χ1n) is 26.2. The lowest BCUT2D eigenvalue weighted by Gasteiger charge is -2.25. The van der Waals surface area contributed by atoms with Gasteiger partial charge in [0, 0.05) is 0 Å². The molecule has 0 aromatic heterocycles. The maximum atomic E-state index is 2.89. The molecule has 2 heteroatoms. The summed E-state index contributed by atoms with van der Waals surface area (Å²) < 4.78 is 0. The van der Waals surface area contributed by atoms with Crippen LogP contribution in [0.15, 0.2) is 0 Å². The van der Waals surface area contributed by atoms with Crippen molar-refractivity contribution in [1.29, 1.82) is 0 Å². The van der Waals surface area contributed by atoms with Crippen LogP contribution in [-0.2, 0) is 0 Å². The molecule has 0 rings (SSSR count). The van der Waals surface area contributed by atoms with E-state index in [1.807, 2.05) is 0 Å². The van der Waals surface area contributed by atoms with Gasteiger partial charge in [0.1, 0.15) is 0 Å². The second-order valence-electron chi connectivity index (χ2n) is 18.1. The molecule has 54 heavy (non-hydrogen) atoms. The Kier molecular flexibility index (Phi) is 49.0. The molecule has 0 aromatic rings. The second kappa shape index (κ2) is 49.1. The van der Waals surface area contributed by atoms with E-state index in [2.05, 4.69) is 37.5 Å². The third-order valence-electron chi connectivity index (χ3n) is 12.5. The van der Waals surface area contributed by atoms with Crippen LogP contribution in [0, 0.1) is 0 Å². The van der Waals surface area contributed by atoms with Crippen LogP contribution >= 0.6 is 0 Å². The first kappa shape index (κ1) is 53.9. The summed E-state index contributed by atoms with van der Waals surface area (Å²) in [5.41, 5.74) is 0. The number of nitrogens with zero attached hydrogens (tertiary/aromatic N) is 2. The molecule has 0 aliphatic carbocycles.